The number of aromatic nitrogens is 2. The first-order valence-electron chi connectivity index (χ1n) is 5.67. The molecule has 1 atom stereocenters. The highest BCUT2D eigenvalue weighted by Gasteiger charge is 2.35. The Labute approximate surface area is 113 Å². The van der Waals surface area contributed by atoms with Crippen molar-refractivity contribution in [1.82, 2.24) is 10.2 Å². The molecule has 0 aliphatic rings. The summed E-state index contributed by atoms with van der Waals surface area (Å²) in [7, 11) is 0. The van der Waals surface area contributed by atoms with Gasteiger partial charge in [0.15, 0.2) is 0 Å². The normalized spacial score (nSPS) is 13.9. The molecule has 1 N–H and O–H groups in total. The third-order valence-corrected chi connectivity index (χ3v) is 4.11. The van der Waals surface area contributed by atoms with Gasteiger partial charge in [-0.2, -0.15) is 13.2 Å². The van der Waals surface area contributed by atoms with Crippen LogP contribution < -0.4 is 5.32 Å². The van der Waals surface area contributed by atoms with Crippen LogP contribution in [0.3, 0.4) is 0 Å². The van der Waals surface area contributed by atoms with Crippen molar-refractivity contribution in [3.8, 4) is 0 Å². The maximum atomic E-state index is 12.3. The van der Waals surface area contributed by atoms with Crippen molar-refractivity contribution in [3.63, 3.8) is 0 Å². The number of anilines is 1. The molecule has 0 aromatic carbocycles. The third-order valence-electron chi connectivity index (χ3n) is 2.68. The van der Waals surface area contributed by atoms with Crippen LogP contribution in [0.1, 0.15) is 31.7 Å². The average Bonchev–Trinajstić information content (AvgIpc) is 2.76. The minimum atomic E-state index is -4.44. The van der Waals surface area contributed by atoms with Crippen LogP contribution in [0, 0.1) is 5.92 Å². The standard InChI is InChI=1S/C10H15ClF3N3S/c1-3-6(4-2)7(11)5-15-9-17-16-8(18-9)10(12,13)14/h6-7H,3-5H2,1-2H3,(H,15,17). The zero-order valence-corrected chi connectivity index (χ0v) is 11.7. The number of nitrogens with one attached hydrogen (secondary N) is 1. The van der Waals surface area contributed by atoms with Crippen molar-refractivity contribution in [2.75, 3.05) is 11.9 Å². The fourth-order valence-corrected chi connectivity index (χ4v) is 2.61. The summed E-state index contributed by atoms with van der Waals surface area (Å²) < 4.78 is 36.9. The van der Waals surface area contributed by atoms with E-state index in [0.717, 1.165) is 12.8 Å². The van der Waals surface area contributed by atoms with Crippen LogP contribution >= 0.6 is 22.9 Å². The van der Waals surface area contributed by atoms with E-state index in [-0.39, 0.29) is 10.5 Å². The summed E-state index contributed by atoms with van der Waals surface area (Å²) in [6.45, 7) is 4.47. The first-order valence-corrected chi connectivity index (χ1v) is 6.92. The summed E-state index contributed by atoms with van der Waals surface area (Å²) in [6, 6.07) is 0. The van der Waals surface area contributed by atoms with Gasteiger partial charge in [0, 0.05) is 6.54 Å². The largest absolute Gasteiger partial charge is 0.445 e. The van der Waals surface area contributed by atoms with E-state index in [1.165, 1.54) is 0 Å². The SMILES string of the molecule is CCC(CC)C(Cl)CNc1nnc(C(F)(F)F)s1. The van der Waals surface area contributed by atoms with Gasteiger partial charge in [0.25, 0.3) is 0 Å². The summed E-state index contributed by atoms with van der Waals surface area (Å²) >= 11 is 6.66. The van der Waals surface area contributed by atoms with Gasteiger partial charge in [0.2, 0.25) is 10.1 Å². The fraction of sp³-hybridized carbons (Fsp3) is 0.800. The van der Waals surface area contributed by atoms with Crippen molar-refractivity contribution in [2.24, 2.45) is 5.92 Å². The Balaban J connectivity index is 2.51. The van der Waals surface area contributed by atoms with Gasteiger partial charge in [0.1, 0.15) is 0 Å². The van der Waals surface area contributed by atoms with E-state index in [0.29, 0.717) is 23.8 Å². The van der Waals surface area contributed by atoms with Gasteiger partial charge < -0.3 is 5.32 Å². The topological polar surface area (TPSA) is 37.8 Å². The second-order valence-corrected chi connectivity index (χ2v) is 5.42. The smallest absolute Gasteiger partial charge is 0.359 e. The van der Waals surface area contributed by atoms with Crippen LogP contribution in [0.5, 0.6) is 0 Å². The molecular weight excluding hydrogens is 287 g/mol. The van der Waals surface area contributed by atoms with Crippen LogP contribution in [0.4, 0.5) is 18.3 Å². The molecule has 104 valence electrons. The minimum absolute atomic E-state index is 0.127. The Kier molecular flexibility index (Phi) is 5.65. The van der Waals surface area contributed by atoms with Gasteiger partial charge in [-0.3, -0.25) is 0 Å². The lowest BCUT2D eigenvalue weighted by Gasteiger charge is -2.18. The molecule has 1 unspecified atom stereocenters. The quantitative estimate of drug-likeness (QED) is 0.807. The van der Waals surface area contributed by atoms with E-state index < -0.39 is 11.2 Å². The molecule has 0 radical (unpaired) electrons. The first-order chi connectivity index (χ1) is 8.38. The molecular formula is C10H15ClF3N3S. The van der Waals surface area contributed by atoms with Crippen molar-refractivity contribution in [1.29, 1.82) is 0 Å². The van der Waals surface area contributed by atoms with Crippen molar-refractivity contribution < 1.29 is 13.2 Å². The molecule has 0 saturated carbocycles. The lowest BCUT2D eigenvalue weighted by Crippen LogP contribution is -2.22. The van der Waals surface area contributed by atoms with E-state index >= 15 is 0 Å². The maximum Gasteiger partial charge on any atom is 0.445 e. The van der Waals surface area contributed by atoms with Crippen molar-refractivity contribution in [3.05, 3.63) is 5.01 Å². The Bertz CT molecular complexity index is 365. The Morgan fingerprint density at radius 3 is 2.33 bits per heavy atom. The molecule has 0 aliphatic heterocycles. The maximum absolute atomic E-state index is 12.3. The highest BCUT2D eigenvalue weighted by molar-refractivity contribution is 7.15. The molecule has 1 rings (SSSR count). The average molecular weight is 302 g/mol. The van der Waals surface area contributed by atoms with E-state index in [2.05, 4.69) is 15.5 Å². The number of alkyl halides is 4. The summed E-state index contributed by atoms with van der Waals surface area (Å²) in [6.07, 6.45) is -2.56. The summed E-state index contributed by atoms with van der Waals surface area (Å²) in [5.74, 6) is 0.342. The van der Waals surface area contributed by atoms with Gasteiger partial charge in [-0.1, -0.05) is 38.0 Å². The Morgan fingerprint density at radius 2 is 1.89 bits per heavy atom. The Morgan fingerprint density at radius 1 is 1.28 bits per heavy atom. The number of halogens is 4. The minimum Gasteiger partial charge on any atom is -0.359 e. The molecule has 0 aliphatic carbocycles. The Hall–Kier alpha value is -0.560. The molecule has 0 amide bonds. The molecule has 0 saturated heterocycles. The zero-order chi connectivity index (χ0) is 13.8. The molecule has 0 bridgehead atoms. The highest BCUT2D eigenvalue weighted by Crippen LogP contribution is 2.33. The second kappa shape index (κ2) is 6.56. The molecule has 8 heteroatoms. The van der Waals surface area contributed by atoms with Crippen LogP contribution in [0.2, 0.25) is 0 Å². The van der Waals surface area contributed by atoms with E-state index in [1.54, 1.807) is 0 Å². The molecule has 0 fully saturated rings. The molecule has 1 heterocycles. The van der Waals surface area contributed by atoms with Gasteiger partial charge in [-0.15, -0.1) is 21.8 Å². The van der Waals surface area contributed by atoms with Gasteiger partial charge >= 0.3 is 6.18 Å². The van der Waals surface area contributed by atoms with Gasteiger partial charge in [-0.25, -0.2) is 0 Å². The van der Waals surface area contributed by atoms with Crippen LogP contribution in [-0.4, -0.2) is 22.1 Å². The molecule has 1 aromatic heterocycles. The second-order valence-electron chi connectivity index (χ2n) is 3.88. The molecule has 0 spiro atoms. The fourth-order valence-electron chi connectivity index (χ4n) is 1.56. The van der Waals surface area contributed by atoms with E-state index in [4.69, 9.17) is 11.6 Å². The number of hydrogen-bond acceptors (Lipinski definition) is 4. The zero-order valence-electron chi connectivity index (χ0n) is 10.1. The van der Waals surface area contributed by atoms with Crippen molar-refractivity contribution >= 4 is 28.1 Å². The number of hydrogen-bond donors (Lipinski definition) is 1. The summed E-state index contributed by atoms with van der Waals surface area (Å²) in [4.78, 5) is 0. The van der Waals surface area contributed by atoms with E-state index in [1.807, 2.05) is 13.8 Å². The summed E-state index contributed by atoms with van der Waals surface area (Å²) in [5, 5.41) is 8.41. The monoisotopic (exact) mass is 301 g/mol. The molecule has 1 aromatic rings. The first kappa shape index (κ1) is 15.5. The van der Waals surface area contributed by atoms with E-state index in [9.17, 15) is 13.2 Å². The van der Waals surface area contributed by atoms with Gasteiger partial charge in [-0.05, 0) is 5.92 Å². The predicted molar refractivity (Wildman–Crippen MR) is 67.1 cm³/mol. The molecule has 3 nitrogen and oxygen atoms in total. The van der Waals surface area contributed by atoms with Gasteiger partial charge in [0.05, 0.1) is 5.38 Å². The summed E-state index contributed by atoms with van der Waals surface area (Å²) in [5.41, 5.74) is 0. The number of rotatable bonds is 6. The number of nitrogens with zero attached hydrogens (tertiary/aromatic N) is 2. The lowest BCUT2D eigenvalue weighted by atomic mass is 9.99. The van der Waals surface area contributed by atoms with Crippen LogP contribution in [-0.2, 0) is 6.18 Å². The lowest BCUT2D eigenvalue weighted by molar-refractivity contribution is -0.138. The molecule has 18 heavy (non-hydrogen) atoms. The van der Waals surface area contributed by atoms with Crippen LogP contribution in [0.15, 0.2) is 0 Å². The third kappa shape index (κ3) is 4.28. The van der Waals surface area contributed by atoms with Crippen molar-refractivity contribution in [2.45, 2.75) is 38.2 Å². The highest BCUT2D eigenvalue weighted by atomic mass is 35.5. The van der Waals surface area contributed by atoms with Crippen LogP contribution in [0.25, 0.3) is 0 Å². The predicted octanol–water partition coefficient (Wildman–Crippen LogP) is 4.01.